The Morgan fingerprint density at radius 1 is 1.08 bits per heavy atom. The minimum absolute atomic E-state index is 0.199. The SMILES string of the molecule is CC(CC(O)c1ccccc1)NC(=O)NCCNC(=O)c1cccnc1. The molecule has 1 heterocycles. The van der Waals surface area contributed by atoms with Crippen LogP contribution in [0.15, 0.2) is 54.9 Å². The first-order chi connectivity index (χ1) is 12.6. The highest BCUT2D eigenvalue weighted by atomic mass is 16.3. The van der Waals surface area contributed by atoms with Crippen molar-refractivity contribution in [2.24, 2.45) is 0 Å². The van der Waals surface area contributed by atoms with E-state index >= 15 is 0 Å². The van der Waals surface area contributed by atoms with Gasteiger partial charge in [-0.3, -0.25) is 9.78 Å². The number of aliphatic hydroxyl groups is 1. The van der Waals surface area contributed by atoms with Crippen molar-refractivity contribution >= 4 is 11.9 Å². The molecule has 1 aromatic heterocycles. The summed E-state index contributed by atoms with van der Waals surface area (Å²) in [5, 5.41) is 18.3. The van der Waals surface area contributed by atoms with Crippen LogP contribution in [0.4, 0.5) is 4.79 Å². The fourth-order valence-electron chi connectivity index (χ4n) is 2.43. The van der Waals surface area contributed by atoms with Gasteiger partial charge in [0.25, 0.3) is 5.91 Å². The van der Waals surface area contributed by atoms with Crippen molar-refractivity contribution in [2.75, 3.05) is 13.1 Å². The van der Waals surface area contributed by atoms with E-state index < -0.39 is 6.10 Å². The van der Waals surface area contributed by atoms with E-state index in [0.717, 1.165) is 5.56 Å². The van der Waals surface area contributed by atoms with E-state index in [1.807, 2.05) is 37.3 Å². The molecule has 2 atom stereocenters. The van der Waals surface area contributed by atoms with Crippen molar-refractivity contribution < 1.29 is 14.7 Å². The van der Waals surface area contributed by atoms with Gasteiger partial charge in [-0.25, -0.2) is 4.79 Å². The lowest BCUT2D eigenvalue weighted by Gasteiger charge is -2.18. The van der Waals surface area contributed by atoms with Crippen LogP contribution >= 0.6 is 0 Å². The molecule has 0 spiro atoms. The first kappa shape index (κ1) is 19.4. The van der Waals surface area contributed by atoms with Crippen LogP contribution in [0.3, 0.4) is 0 Å². The first-order valence-corrected chi connectivity index (χ1v) is 8.52. The van der Waals surface area contributed by atoms with Gasteiger partial charge in [0.15, 0.2) is 0 Å². The summed E-state index contributed by atoms with van der Waals surface area (Å²) in [6.07, 6.45) is 2.86. The number of pyridine rings is 1. The maximum Gasteiger partial charge on any atom is 0.315 e. The Labute approximate surface area is 152 Å². The standard InChI is InChI=1S/C19H24N4O3/c1-14(12-17(24)15-6-3-2-4-7-15)23-19(26)22-11-10-21-18(25)16-8-5-9-20-13-16/h2-9,13-14,17,24H,10-12H2,1H3,(H,21,25)(H2,22,23,26). The van der Waals surface area contributed by atoms with Gasteiger partial charge in [0, 0.05) is 31.5 Å². The van der Waals surface area contributed by atoms with Crippen molar-refractivity contribution in [1.82, 2.24) is 20.9 Å². The molecule has 0 aliphatic carbocycles. The highest BCUT2D eigenvalue weighted by Crippen LogP contribution is 2.17. The van der Waals surface area contributed by atoms with Crippen molar-refractivity contribution in [1.29, 1.82) is 0 Å². The van der Waals surface area contributed by atoms with Gasteiger partial charge >= 0.3 is 6.03 Å². The maximum absolute atomic E-state index is 11.9. The molecule has 26 heavy (non-hydrogen) atoms. The summed E-state index contributed by atoms with van der Waals surface area (Å²) in [4.78, 5) is 27.6. The van der Waals surface area contributed by atoms with Crippen LogP contribution in [0.2, 0.25) is 0 Å². The zero-order chi connectivity index (χ0) is 18.8. The van der Waals surface area contributed by atoms with E-state index in [4.69, 9.17) is 0 Å². The van der Waals surface area contributed by atoms with Crippen LogP contribution in [0.5, 0.6) is 0 Å². The zero-order valence-corrected chi connectivity index (χ0v) is 14.7. The second-order valence-corrected chi connectivity index (χ2v) is 5.96. The van der Waals surface area contributed by atoms with E-state index in [1.54, 1.807) is 18.3 Å². The summed E-state index contributed by atoms with van der Waals surface area (Å²) in [5.74, 6) is -0.236. The highest BCUT2D eigenvalue weighted by molar-refractivity contribution is 5.93. The van der Waals surface area contributed by atoms with Crippen LogP contribution in [0.25, 0.3) is 0 Å². The van der Waals surface area contributed by atoms with E-state index in [-0.39, 0.29) is 18.0 Å². The Kier molecular flexibility index (Phi) is 7.57. The monoisotopic (exact) mass is 356 g/mol. The van der Waals surface area contributed by atoms with Crippen LogP contribution in [-0.4, -0.2) is 41.2 Å². The van der Waals surface area contributed by atoms with Gasteiger partial charge < -0.3 is 21.1 Å². The fourth-order valence-corrected chi connectivity index (χ4v) is 2.43. The average molecular weight is 356 g/mol. The number of aromatic nitrogens is 1. The average Bonchev–Trinajstić information content (AvgIpc) is 2.66. The second kappa shape index (κ2) is 10.1. The summed E-state index contributed by atoms with van der Waals surface area (Å²) in [7, 11) is 0. The third kappa shape index (κ3) is 6.52. The van der Waals surface area contributed by atoms with Gasteiger partial charge in [0.2, 0.25) is 0 Å². The minimum atomic E-state index is -0.634. The molecule has 2 rings (SSSR count). The van der Waals surface area contributed by atoms with Gasteiger partial charge in [-0.15, -0.1) is 0 Å². The van der Waals surface area contributed by atoms with E-state index in [9.17, 15) is 14.7 Å². The Hall–Kier alpha value is -2.93. The molecule has 0 aliphatic heterocycles. The molecule has 0 radical (unpaired) electrons. The maximum atomic E-state index is 11.9. The normalized spacial score (nSPS) is 12.7. The van der Waals surface area contributed by atoms with Crippen LogP contribution in [0, 0.1) is 0 Å². The lowest BCUT2D eigenvalue weighted by molar-refractivity contribution is 0.0953. The van der Waals surface area contributed by atoms with Gasteiger partial charge in [-0.1, -0.05) is 30.3 Å². The number of benzene rings is 1. The van der Waals surface area contributed by atoms with E-state index in [1.165, 1.54) is 6.20 Å². The van der Waals surface area contributed by atoms with E-state index in [2.05, 4.69) is 20.9 Å². The summed E-state index contributed by atoms with van der Waals surface area (Å²) >= 11 is 0. The highest BCUT2D eigenvalue weighted by Gasteiger charge is 2.14. The number of hydrogen-bond donors (Lipinski definition) is 4. The molecule has 1 aromatic carbocycles. The summed E-state index contributed by atoms with van der Waals surface area (Å²) in [6.45, 7) is 2.43. The van der Waals surface area contributed by atoms with Gasteiger partial charge in [0.1, 0.15) is 0 Å². The molecule has 7 heteroatoms. The van der Waals surface area contributed by atoms with Crippen molar-refractivity contribution in [2.45, 2.75) is 25.5 Å². The molecule has 0 saturated carbocycles. The molecule has 0 fully saturated rings. The zero-order valence-electron chi connectivity index (χ0n) is 14.7. The summed E-state index contributed by atoms with van der Waals surface area (Å²) < 4.78 is 0. The lowest BCUT2D eigenvalue weighted by Crippen LogP contribution is -2.44. The molecule has 0 bridgehead atoms. The number of carbonyl (C=O) groups excluding carboxylic acids is 2. The summed E-state index contributed by atoms with van der Waals surface area (Å²) in [6, 6.07) is 12.1. The smallest absolute Gasteiger partial charge is 0.315 e. The quantitative estimate of drug-likeness (QED) is 0.540. The molecule has 0 saturated heterocycles. The Morgan fingerprint density at radius 2 is 1.81 bits per heavy atom. The number of carbonyl (C=O) groups is 2. The summed E-state index contributed by atoms with van der Waals surface area (Å²) in [5.41, 5.74) is 1.29. The largest absolute Gasteiger partial charge is 0.388 e. The van der Waals surface area contributed by atoms with Gasteiger partial charge in [-0.2, -0.15) is 0 Å². The molecule has 2 aromatic rings. The minimum Gasteiger partial charge on any atom is -0.388 e. The molecule has 3 amide bonds. The first-order valence-electron chi connectivity index (χ1n) is 8.52. The third-order valence-electron chi connectivity index (χ3n) is 3.76. The molecule has 2 unspecified atom stereocenters. The fraction of sp³-hybridized carbons (Fsp3) is 0.316. The van der Waals surface area contributed by atoms with Crippen molar-refractivity contribution in [3.05, 3.63) is 66.0 Å². The molecular formula is C19H24N4O3. The molecule has 138 valence electrons. The van der Waals surface area contributed by atoms with Gasteiger partial charge in [0.05, 0.1) is 11.7 Å². The second-order valence-electron chi connectivity index (χ2n) is 5.96. The Morgan fingerprint density at radius 3 is 2.50 bits per heavy atom. The molecule has 7 nitrogen and oxygen atoms in total. The third-order valence-corrected chi connectivity index (χ3v) is 3.76. The van der Waals surface area contributed by atoms with Crippen molar-refractivity contribution in [3.63, 3.8) is 0 Å². The molecule has 0 aliphatic rings. The number of urea groups is 1. The van der Waals surface area contributed by atoms with Crippen LogP contribution in [-0.2, 0) is 0 Å². The number of aliphatic hydroxyl groups excluding tert-OH is 1. The Bertz CT molecular complexity index is 694. The van der Waals surface area contributed by atoms with E-state index in [0.29, 0.717) is 25.1 Å². The number of nitrogens with zero attached hydrogens (tertiary/aromatic N) is 1. The van der Waals surface area contributed by atoms with Gasteiger partial charge in [-0.05, 0) is 31.0 Å². The van der Waals surface area contributed by atoms with Crippen LogP contribution in [0.1, 0.15) is 35.4 Å². The number of rotatable bonds is 8. The predicted octanol–water partition coefficient (Wildman–Crippen LogP) is 1.62. The molecular weight excluding hydrogens is 332 g/mol. The number of amides is 3. The number of hydrogen-bond acceptors (Lipinski definition) is 4. The van der Waals surface area contributed by atoms with Crippen molar-refractivity contribution in [3.8, 4) is 0 Å². The predicted molar refractivity (Wildman–Crippen MR) is 98.6 cm³/mol. The topological polar surface area (TPSA) is 103 Å². The molecule has 4 N–H and O–H groups in total. The Balaban J connectivity index is 1.63. The lowest BCUT2D eigenvalue weighted by atomic mass is 10.0. The van der Waals surface area contributed by atoms with Crippen LogP contribution < -0.4 is 16.0 Å². The number of nitrogens with one attached hydrogen (secondary N) is 3.